The number of amides is 1. The lowest BCUT2D eigenvalue weighted by atomic mass is 9.72. The summed E-state index contributed by atoms with van der Waals surface area (Å²) in [6.07, 6.45) is 2.64. The number of nitrogens with one attached hydrogen (secondary N) is 2. The molecule has 4 rings (SSSR count). The SMILES string of the molecule is CSNC(=O)c1ccc2c(c1)CC(C)(C)C(c1cc(F)cc(N3CCN(C(C)C)CC3)c1)N2. The van der Waals surface area contributed by atoms with Gasteiger partial charge in [-0.25, -0.2) is 4.39 Å². The van der Waals surface area contributed by atoms with Crippen molar-refractivity contribution in [1.82, 2.24) is 9.62 Å². The van der Waals surface area contributed by atoms with Crippen molar-refractivity contribution >= 4 is 29.2 Å². The second kappa shape index (κ2) is 9.55. The molecule has 0 saturated carbocycles. The number of rotatable bonds is 5. The first kappa shape index (κ1) is 23.9. The van der Waals surface area contributed by atoms with Gasteiger partial charge in [0.05, 0.1) is 6.04 Å². The molecule has 1 unspecified atom stereocenters. The maximum Gasteiger partial charge on any atom is 0.261 e. The van der Waals surface area contributed by atoms with Crippen LogP contribution in [0.1, 0.15) is 55.2 Å². The van der Waals surface area contributed by atoms with E-state index in [1.165, 1.54) is 11.9 Å². The molecule has 33 heavy (non-hydrogen) atoms. The van der Waals surface area contributed by atoms with Crippen LogP contribution < -0.4 is 14.9 Å². The van der Waals surface area contributed by atoms with Crippen LogP contribution in [0.25, 0.3) is 0 Å². The average molecular weight is 471 g/mol. The highest BCUT2D eigenvalue weighted by atomic mass is 32.2. The van der Waals surface area contributed by atoms with Crippen molar-refractivity contribution in [1.29, 1.82) is 0 Å². The fraction of sp³-hybridized carbons (Fsp3) is 0.500. The van der Waals surface area contributed by atoms with Gasteiger partial charge < -0.3 is 10.2 Å². The lowest BCUT2D eigenvalue weighted by Gasteiger charge is -2.42. The van der Waals surface area contributed by atoms with Crippen molar-refractivity contribution < 1.29 is 9.18 Å². The van der Waals surface area contributed by atoms with Gasteiger partial charge in [0.15, 0.2) is 0 Å². The fourth-order valence-electron chi connectivity index (χ4n) is 5.09. The predicted octanol–water partition coefficient (Wildman–Crippen LogP) is 5.10. The van der Waals surface area contributed by atoms with E-state index in [2.05, 4.69) is 53.6 Å². The Morgan fingerprint density at radius 3 is 2.55 bits per heavy atom. The summed E-state index contributed by atoms with van der Waals surface area (Å²) >= 11 is 1.30. The highest BCUT2D eigenvalue weighted by molar-refractivity contribution is 7.97. The first-order valence-electron chi connectivity index (χ1n) is 11.7. The Hall–Kier alpha value is -2.25. The molecule has 2 heterocycles. The van der Waals surface area contributed by atoms with Gasteiger partial charge in [0, 0.05) is 55.4 Å². The van der Waals surface area contributed by atoms with Crippen LogP contribution in [0.4, 0.5) is 15.8 Å². The molecule has 1 saturated heterocycles. The molecule has 0 bridgehead atoms. The molecule has 2 aliphatic heterocycles. The standard InChI is InChI=1S/C26H35FN4OS/c1-17(2)30-8-10-31(11-9-30)22-14-19(13-21(27)15-22)24-26(3,4)16-20-12-18(25(32)29-33-5)6-7-23(20)28-24/h6-7,12-15,17,24,28H,8-11,16H2,1-5H3,(H,29,32). The van der Waals surface area contributed by atoms with Gasteiger partial charge in [-0.3, -0.25) is 14.4 Å². The highest BCUT2D eigenvalue weighted by Crippen LogP contribution is 2.45. The third-order valence-corrected chi connectivity index (χ3v) is 7.33. The number of hydrogen-bond donors (Lipinski definition) is 2. The summed E-state index contributed by atoms with van der Waals surface area (Å²) in [5.74, 6) is -0.279. The number of halogens is 1. The Kier molecular flexibility index (Phi) is 6.91. The minimum Gasteiger partial charge on any atom is -0.377 e. The number of anilines is 2. The van der Waals surface area contributed by atoms with E-state index in [0.717, 1.165) is 55.1 Å². The number of hydrogen-bond acceptors (Lipinski definition) is 5. The minimum absolute atomic E-state index is 0.0257. The van der Waals surface area contributed by atoms with Crippen molar-refractivity contribution in [2.45, 2.75) is 46.2 Å². The molecule has 2 N–H and O–H groups in total. The lowest BCUT2D eigenvalue weighted by Crippen LogP contribution is -2.49. The Labute approximate surface area is 201 Å². The molecule has 0 aliphatic carbocycles. The average Bonchev–Trinajstić information content (AvgIpc) is 2.77. The highest BCUT2D eigenvalue weighted by Gasteiger charge is 2.37. The van der Waals surface area contributed by atoms with E-state index in [-0.39, 0.29) is 23.2 Å². The number of nitrogens with zero attached hydrogens (tertiary/aromatic N) is 2. The van der Waals surface area contributed by atoms with E-state index in [4.69, 9.17) is 0 Å². The van der Waals surface area contributed by atoms with Gasteiger partial charge in [0.2, 0.25) is 0 Å². The van der Waals surface area contributed by atoms with Crippen molar-refractivity contribution in [2.75, 3.05) is 42.7 Å². The molecule has 0 radical (unpaired) electrons. The maximum absolute atomic E-state index is 14.8. The van der Waals surface area contributed by atoms with Crippen LogP contribution in [-0.2, 0) is 6.42 Å². The summed E-state index contributed by atoms with van der Waals surface area (Å²) in [5, 5.41) is 3.65. The maximum atomic E-state index is 14.8. The van der Waals surface area contributed by atoms with Crippen LogP contribution in [0.5, 0.6) is 0 Å². The molecule has 2 aliphatic rings. The number of piperazine rings is 1. The number of fused-ring (bicyclic) bond motifs is 1. The molecule has 1 fully saturated rings. The number of carbonyl (C=O) groups excluding carboxylic acids is 1. The van der Waals surface area contributed by atoms with Crippen LogP contribution in [0.3, 0.4) is 0 Å². The summed E-state index contributed by atoms with van der Waals surface area (Å²) in [4.78, 5) is 17.0. The molecule has 5 nitrogen and oxygen atoms in total. The van der Waals surface area contributed by atoms with Crippen molar-refractivity contribution in [2.24, 2.45) is 5.41 Å². The molecule has 0 aromatic heterocycles. The van der Waals surface area contributed by atoms with Gasteiger partial charge in [0.1, 0.15) is 5.82 Å². The topological polar surface area (TPSA) is 47.6 Å². The Bertz CT molecular complexity index is 1020. The fourth-order valence-corrected chi connectivity index (χ4v) is 5.40. The molecular formula is C26H35FN4OS. The van der Waals surface area contributed by atoms with Crippen molar-refractivity contribution in [3.8, 4) is 0 Å². The molecular weight excluding hydrogens is 435 g/mol. The summed E-state index contributed by atoms with van der Waals surface area (Å²) in [7, 11) is 0. The summed E-state index contributed by atoms with van der Waals surface area (Å²) < 4.78 is 17.6. The van der Waals surface area contributed by atoms with E-state index < -0.39 is 0 Å². The second-order valence-electron chi connectivity index (χ2n) is 10.1. The summed E-state index contributed by atoms with van der Waals surface area (Å²) in [6, 6.07) is 11.8. The van der Waals surface area contributed by atoms with Crippen LogP contribution >= 0.6 is 11.9 Å². The summed E-state index contributed by atoms with van der Waals surface area (Å²) in [5.41, 5.74) is 4.57. The minimum atomic E-state index is -0.193. The Morgan fingerprint density at radius 2 is 1.88 bits per heavy atom. The largest absolute Gasteiger partial charge is 0.377 e. The van der Waals surface area contributed by atoms with E-state index in [1.54, 1.807) is 12.1 Å². The zero-order valence-electron chi connectivity index (χ0n) is 20.2. The molecule has 1 amide bonds. The van der Waals surface area contributed by atoms with Crippen LogP contribution in [-0.4, -0.2) is 49.3 Å². The van der Waals surface area contributed by atoms with Gasteiger partial charge in [-0.05, 0) is 73.2 Å². The van der Waals surface area contributed by atoms with Crippen LogP contribution in [0, 0.1) is 11.2 Å². The van der Waals surface area contributed by atoms with E-state index in [1.807, 2.05) is 24.5 Å². The summed E-state index contributed by atoms with van der Waals surface area (Å²) in [6.45, 7) is 12.7. The molecule has 0 spiro atoms. The molecule has 178 valence electrons. The molecule has 2 aromatic rings. The Morgan fingerprint density at radius 1 is 1.15 bits per heavy atom. The molecule has 1 atom stereocenters. The zero-order valence-corrected chi connectivity index (χ0v) is 21.1. The predicted molar refractivity (Wildman–Crippen MR) is 137 cm³/mol. The van der Waals surface area contributed by atoms with Crippen molar-refractivity contribution in [3.63, 3.8) is 0 Å². The number of carbonyl (C=O) groups is 1. The zero-order chi connectivity index (χ0) is 23.8. The second-order valence-corrected chi connectivity index (χ2v) is 10.7. The van der Waals surface area contributed by atoms with Gasteiger partial charge in [-0.15, -0.1) is 0 Å². The number of benzene rings is 2. The van der Waals surface area contributed by atoms with Gasteiger partial charge in [-0.1, -0.05) is 25.8 Å². The third-order valence-electron chi connectivity index (χ3n) is 6.94. The normalized spacial score (nSPS) is 20.3. The van der Waals surface area contributed by atoms with E-state index in [9.17, 15) is 9.18 Å². The molecule has 2 aromatic carbocycles. The Balaban J connectivity index is 1.59. The van der Waals surface area contributed by atoms with Gasteiger partial charge >= 0.3 is 0 Å². The first-order valence-corrected chi connectivity index (χ1v) is 12.9. The van der Waals surface area contributed by atoms with Gasteiger partial charge in [-0.2, -0.15) is 0 Å². The molecule has 7 heteroatoms. The lowest BCUT2D eigenvalue weighted by molar-refractivity contribution is 0.0984. The van der Waals surface area contributed by atoms with E-state index >= 15 is 0 Å². The quantitative estimate of drug-likeness (QED) is 0.596. The van der Waals surface area contributed by atoms with Crippen molar-refractivity contribution in [3.05, 3.63) is 58.9 Å². The first-order chi connectivity index (χ1) is 15.7. The van der Waals surface area contributed by atoms with E-state index in [0.29, 0.717) is 11.6 Å². The third kappa shape index (κ3) is 5.14. The monoisotopic (exact) mass is 470 g/mol. The van der Waals surface area contributed by atoms with Crippen LogP contribution in [0.15, 0.2) is 36.4 Å². The van der Waals surface area contributed by atoms with Crippen LogP contribution in [0.2, 0.25) is 0 Å². The van der Waals surface area contributed by atoms with Gasteiger partial charge in [0.25, 0.3) is 5.91 Å². The smallest absolute Gasteiger partial charge is 0.261 e.